The molecule has 1 atom stereocenters. The molecule has 0 aromatic heterocycles. The molecule has 0 N–H and O–H groups in total. The van der Waals surface area contributed by atoms with Gasteiger partial charge in [-0.2, -0.15) is 0 Å². The van der Waals surface area contributed by atoms with Gasteiger partial charge in [-0.25, -0.2) is 0 Å². The lowest BCUT2D eigenvalue weighted by Gasteiger charge is -2.30. The highest BCUT2D eigenvalue weighted by molar-refractivity contribution is 7.99. The Bertz CT molecular complexity index is 615. The van der Waals surface area contributed by atoms with Crippen molar-refractivity contribution in [2.45, 2.75) is 24.8 Å². The van der Waals surface area contributed by atoms with Crippen molar-refractivity contribution in [3.8, 4) is 0 Å². The van der Waals surface area contributed by atoms with Gasteiger partial charge < -0.3 is 14.4 Å². The molecule has 0 saturated carbocycles. The van der Waals surface area contributed by atoms with E-state index in [4.69, 9.17) is 9.47 Å². The smallest absolute Gasteiger partial charge is 0.392 e. The normalized spacial score (nSPS) is 20.9. The summed E-state index contributed by atoms with van der Waals surface area (Å²) in [4.78, 5) is 19.3. The monoisotopic (exact) mass is 306 g/mol. The zero-order chi connectivity index (χ0) is 15.0. The van der Waals surface area contributed by atoms with Gasteiger partial charge in [0, 0.05) is 29.8 Å². The van der Waals surface area contributed by atoms with Gasteiger partial charge in [0.15, 0.2) is 0 Å². The molecule has 2 heterocycles. The van der Waals surface area contributed by atoms with E-state index in [1.807, 2.05) is 19.9 Å². The van der Waals surface area contributed by atoms with E-state index in [9.17, 15) is 4.79 Å². The Hall–Kier alpha value is -1.69. The van der Waals surface area contributed by atoms with Crippen molar-refractivity contribution in [3.63, 3.8) is 0 Å². The molecular formula is C15H18N2O3S. The molecule has 3 rings (SSSR count). The van der Waals surface area contributed by atoms with Crippen LogP contribution in [0.25, 0.3) is 0 Å². The molecule has 6 heteroatoms. The minimum Gasteiger partial charge on any atom is -0.451 e. The number of nitrogens with zero attached hydrogens (tertiary/aromatic N) is 2. The molecule has 0 radical (unpaired) electrons. The average Bonchev–Trinajstić information content (AvgIpc) is 2.80. The number of ether oxygens (including phenoxy) is 2. The van der Waals surface area contributed by atoms with Crippen LogP contribution < -0.4 is 4.90 Å². The van der Waals surface area contributed by atoms with Crippen LogP contribution in [-0.4, -0.2) is 37.9 Å². The summed E-state index contributed by atoms with van der Waals surface area (Å²) in [5.41, 5.74) is 3.16. The van der Waals surface area contributed by atoms with Crippen LogP contribution in [-0.2, 0) is 14.3 Å². The molecule has 0 fully saturated rings. The van der Waals surface area contributed by atoms with Crippen LogP contribution in [0.1, 0.15) is 24.2 Å². The van der Waals surface area contributed by atoms with Gasteiger partial charge in [-0.15, -0.1) is 16.8 Å². The number of aliphatic imine (C=N–C) groups is 1. The number of aryl methyl sites for hydroxylation is 1. The molecule has 2 aliphatic heterocycles. The van der Waals surface area contributed by atoms with E-state index in [0.29, 0.717) is 6.61 Å². The molecular weight excluding hydrogens is 288 g/mol. The lowest BCUT2D eigenvalue weighted by atomic mass is 10.0. The predicted molar refractivity (Wildman–Crippen MR) is 83.1 cm³/mol. The Morgan fingerprint density at radius 3 is 3.10 bits per heavy atom. The molecule has 1 amide bonds. The van der Waals surface area contributed by atoms with Crippen LogP contribution in [0.4, 0.5) is 5.69 Å². The van der Waals surface area contributed by atoms with Gasteiger partial charge in [-0.3, -0.25) is 4.79 Å². The summed E-state index contributed by atoms with van der Waals surface area (Å²) >= 11 is 1.77. The fourth-order valence-electron chi connectivity index (χ4n) is 2.53. The molecule has 2 aliphatic rings. The maximum Gasteiger partial charge on any atom is 0.392 e. The summed E-state index contributed by atoms with van der Waals surface area (Å²) in [5, 5.41) is 0. The fraction of sp³-hybridized carbons (Fsp3) is 0.467. The number of carbonyl (C=O) groups is 1. The van der Waals surface area contributed by atoms with E-state index in [1.165, 1.54) is 0 Å². The minimum absolute atomic E-state index is 0.0805. The zero-order valence-electron chi connectivity index (χ0n) is 12.4. The van der Waals surface area contributed by atoms with Gasteiger partial charge >= 0.3 is 6.08 Å². The summed E-state index contributed by atoms with van der Waals surface area (Å²) < 4.78 is 10.8. The van der Waals surface area contributed by atoms with Crippen LogP contribution in [0.15, 0.2) is 22.0 Å². The summed E-state index contributed by atoms with van der Waals surface area (Å²) in [6.07, 6.45) is -0.601. The first-order valence-electron chi connectivity index (χ1n) is 7.00. The SMILES string of the molecule is CCOC1=NC(=O)C(c2cc(C)cc3c2SCCN3C)O1. The van der Waals surface area contributed by atoms with Crippen LogP contribution in [0.2, 0.25) is 0 Å². The largest absolute Gasteiger partial charge is 0.451 e. The quantitative estimate of drug-likeness (QED) is 0.840. The molecule has 112 valence electrons. The number of anilines is 1. The molecule has 1 unspecified atom stereocenters. The van der Waals surface area contributed by atoms with Gasteiger partial charge in [0.2, 0.25) is 6.10 Å². The van der Waals surface area contributed by atoms with E-state index in [2.05, 4.69) is 23.0 Å². The highest BCUT2D eigenvalue weighted by Crippen LogP contribution is 2.42. The molecule has 0 bridgehead atoms. The second kappa shape index (κ2) is 5.60. The molecule has 0 saturated heterocycles. The van der Waals surface area contributed by atoms with Gasteiger partial charge in [0.05, 0.1) is 12.3 Å². The third kappa shape index (κ3) is 2.60. The van der Waals surface area contributed by atoms with Gasteiger partial charge in [0.1, 0.15) is 0 Å². The Balaban J connectivity index is 1.98. The number of rotatable bonds is 2. The predicted octanol–water partition coefficient (Wildman–Crippen LogP) is 2.53. The van der Waals surface area contributed by atoms with Crippen molar-refractivity contribution < 1.29 is 14.3 Å². The number of fused-ring (bicyclic) bond motifs is 1. The Morgan fingerprint density at radius 1 is 1.52 bits per heavy atom. The number of hydrogen-bond donors (Lipinski definition) is 0. The second-order valence-corrected chi connectivity index (χ2v) is 6.22. The van der Waals surface area contributed by atoms with Crippen molar-refractivity contribution >= 4 is 29.4 Å². The zero-order valence-corrected chi connectivity index (χ0v) is 13.2. The number of benzene rings is 1. The topological polar surface area (TPSA) is 51.1 Å². The third-order valence-electron chi connectivity index (χ3n) is 3.52. The lowest BCUT2D eigenvalue weighted by molar-refractivity contribution is -0.123. The molecule has 0 spiro atoms. The molecule has 5 nitrogen and oxygen atoms in total. The van der Waals surface area contributed by atoms with E-state index in [0.717, 1.165) is 34.0 Å². The minimum atomic E-state index is -0.681. The van der Waals surface area contributed by atoms with Crippen molar-refractivity contribution in [1.82, 2.24) is 0 Å². The van der Waals surface area contributed by atoms with Gasteiger partial charge in [0.25, 0.3) is 5.91 Å². The van der Waals surface area contributed by atoms with Crippen LogP contribution in [0.3, 0.4) is 0 Å². The summed E-state index contributed by atoms with van der Waals surface area (Å²) in [6.45, 7) is 5.30. The van der Waals surface area contributed by atoms with Crippen molar-refractivity contribution in [2.24, 2.45) is 4.99 Å². The molecule has 1 aromatic rings. The fourth-order valence-corrected chi connectivity index (χ4v) is 3.80. The average molecular weight is 306 g/mol. The van der Waals surface area contributed by atoms with Crippen LogP contribution >= 0.6 is 11.8 Å². The van der Waals surface area contributed by atoms with E-state index in [-0.39, 0.29) is 12.0 Å². The lowest BCUT2D eigenvalue weighted by Crippen LogP contribution is -2.25. The molecule has 1 aromatic carbocycles. The van der Waals surface area contributed by atoms with Gasteiger partial charge in [-0.05, 0) is 25.5 Å². The Morgan fingerprint density at radius 2 is 2.33 bits per heavy atom. The Kier molecular flexibility index (Phi) is 3.80. The van der Waals surface area contributed by atoms with Crippen molar-refractivity contribution in [2.75, 3.05) is 30.9 Å². The standard InChI is InChI=1S/C15H18N2O3S/c1-4-19-15-16-14(18)12(20-15)10-7-9(2)8-11-13(10)21-6-5-17(11)3/h7-8,12H,4-6H2,1-3H3. The van der Waals surface area contributed by atoms with Crippen LogP contribution in [0, 0.1) is 6.92 Å². The first kappa shape index (κ1) is 14.3. The molecule has 21 heavy (non-hydrogen) atoms. The first-order chi connectivity index (χ1) is 10.1. The Labute approximate surface area is 128 Å². The van der Waals surface area contributed by atoms with E-state index >= 15 is 0 Å². The highest BCUT2D eigenvalue weighted by atomic mass is 32.2. The first-order valence-corrected chi connectivity index (χ1v) is 7.99. The second-order valence-electron chi connectivity index (χ2n) is 5.12. The third-order valence-corrected chi connectivity index (χ3v) is 4.64. The maximum absolute atomic E-state index is 12.1. The summed E-state index contributed by atoms with van der Waals surface area (Å²) in [7, 11) is 2.07. The van der Waals surface area contributed by atoms with E-state index in [1.54, 1.807) is 11.8 Å². The number of hydrogen-bond acceptors (Lipinski definition) is 5. The summed E-state index contributed by atoms with van der Waals surface area (Å²) in [5.74, 6) is 0.708. The number of thioether (sulfide) groups is 1. The molecule has 0 aliphatic carbocycles. The van der Waals surface area contributed by atoms with Crippen LogP contribution in [0.5, 0.6) is 0 Å². The van der Waals surface area contributed by atoms with Gasteiger partial charge in [-0.1, -0.05) is 6.07 Å². The summed E-state index contributed by atoms with van der Waals surface area (Å²) in [6, 6.07) is 4.16. The maximum atomic E-state index is 12.1. The van der Waals surface area contributed by atoms with Crippen molar-refractivity contribution in [1.29, 1.82) is 0 Å². The number of amides is 1. The highest BCUT2D eigenvalue weighted by Gasteiger charge is 2.35. The van der Waals surface area contributed by atoms with Crippen molar-refractivity contribution in [3.05, 3.63) is 23.3 Å². The van der Waals surface area contributed by atoms with E-state index < -0.39 is 6.10 Å². The number of carbonyl (C=O) groups excluding carboxylic acids is 1.